The summed E-state index contributed by atoms with van der Waals surface area (Å²) in [5.41, 5.74) is 0.436. The SMILES string of the molecule is Cc1cc(=O)c(C(=O)NCCCCC(=O)O)c[nH]1. The van der Waals surface area contributed by atoms with Gasteiger partial charge in [-0.15, -0.1) is 0 Å². The molecule has 3 N–H and O–H groups in total. The second kappa shape index (κ2) is 6.58. The molecule has 0 radical (unpaired) electrons. The summed E-state index contributed by atoms with van der Waals surface area (Å²) >= 11 is 0. The zero-order valence-electron chi connectivity index (χ0n) is 10.2. The zero-order valence-corrected chi connectivity index (χ0v) is 10.2. The quantitative estimate of drug-likeness (QED) is 0.648. The van der Waals surface area contributed by atoms with Gasteiger partial charge in [0.05, 0.1) is 0 Å². The van der Waals surface area contributed by atoms with Gasteiger partial charge in [0.1, 0.15) is 5.56 Å². The summed E-state index contributed by atoms with van der Waals surface area (Å²) in [6.07, 6.45) is 2.53. The van der Waals surface area contributed by atoms with Crippen molar-refractivity contribution < 1.29 is 14.7 Å². The molecule has 1 amide bonds. The summed E-state index contributed by atoms with van der Waals surface area (Å²) in [6, 6.07) is 1.36. The summed E-state index contributed by atoms with van der Waals surface area (Å²) in [4.78, 5) is 36.2. The number of aryl methyl sites for hydroxylation is 1. The molecule has 0 aliphatic rings. The minimum absolute atomic E-state index is 0.0684. The maximum absolute atomic E-state index is 11.6. The largest absolute Gasteiger partial charge is 0.481 e. The molecule has 1 heterocycles. The van der Waals surface area contributed by atoms with E-state index in [0.29, 0.717) is 25.1 Å². The van der Waals surface area contributed by atoms with Crippen LogP contribution in [0.1, 0.15) is 35.3 Å². The number of carboxylic acids is 1. The van der Waals surface area contributed by atoms with Gasteiger partial charge in [-0.3, -0.25) is 14.4 Å². The lowest BCUT2D eigenvalue weighted by atomic mass is 10.2. The summed E-state index contributed by atoms with van der Waals surface area (Å²) in [6.45, 7) is 2.09. The van der Waals surface area contributed by atoms with Crippen LogP contribution in [0.3, 0.4) is 0 Å². The highest BCUT2D eigenvalue weighted by molar-refractivity contribution is 5.93. The van der Waals surface area contributed by atoms with Crippen LogP contribution in [0.25, 0.3) is 0 Å². The van der Waals surface area contributed by atoms with Gasteiger partial charge in [0.15, 0.2) is 5.43 Å². The Bertz CT molecular complexity index is 493. The van der Waals surface area contributed by atoms with Gasteiger partial charge in [0.2, 0.25) is 0 Å². The standard InChI is InChI=1S/C12H16N2O4/c1-8-6-10(15)9(7-14-8)12(18)13-5-3-2-4-11(16)17/h6-7H,2-5H2,1H3,(H,13,18)(H,14,15)(H,16,17). The molecule has 0 aliphatic carbocycles. The molecule has 0 saturated heterocycles. The van der Waals surface area contributed by atoms with E-state index < -0.39 is 11.9 Å². The smallest absolute Gasteiger partial charge is 0.303 e. The van der Waals surface area contributed by atoms with Gasteiger partial charge in [-0.25, -0.2) is 0 Å². The van der Waals surface area contributed by atoms with Gasteiger partial charge >= 0.3 is 5.97 Å². The van der Waals surface area contributed by atoms with Crippen molar-refractivity contribution in [2.24, 2.45) is 0 Å². The van der Waals surface area contributed by atoms with E-state index in [1.54, 1.807) is 6.92 Å². The normalized spacial score (nSPS) is 10.1. The predicted octanol–water partition coefficient (Wildman–Crippen LogP) is 0.668. The number of aliphatic carboxylic acids is 1. The number of carboxylic acid groups (broad SMARTS) is 1. The number of amides is 1. The van der Waals surface area contributed by atoms with Crippen LogP contribution in [-0.4, -0.2) is 28.5 Å². The minimum atomic E-state index is -0.851. The number of carbonyl (C=O) groups is 2. The number of pyridine rings is 1. The fraction of sp³-hybridized carbons (Fsp3) is 0.417. The van der Waals surface area contributed by atoms with E-state index in [0.717, 1.165) is 0 Å². The third kappa shape index (κ3) is 4.40. The van der Waals surface area contributed by atoms with Crippen molar-refractivity contribution in [1.29, 1.82) is 0 Å². The number of H-pyrrole nitrogens is 1. The molecular formula is C12H16N2O4. The first-order valence-corrected chi connectivity index (χ1v) is 5.70. The lowest BCUT2D eigenvalue weighted by Crippen LogP contribution is -2.29. The van der Waals surface area contributed by atoms with Gasteiger partial charge in [0.25, 0.3) is 5.91 Å². The number of aromatic amines is 1. The first-order chi connectivity index (χ1) is 8.50. The Labute approximate surface area is 104 Å². The van der Waals surface area contributed by atoms with Crippen molar-refractivity contribution in [1.82, 2.24) is 10.3 Å². The molecule has 98 valence electrons. The van der Waals surface area contributed by atoms with Crippen LogP contribution in [-0.2, 0) is 4.79 Å². The first kappa shape index (κ1) is 14.0. The number of rotatable bonds is 6. The van der Waals surface area contributed by atoms with Crippen molar-refractivity contribution in [3.8, 4) is 0 Å². The van der Waals surface area contributed by atoms with Crippen molar-refractivity contribution in [3.63, 3.8) is 0 Å². The molecule has 6 nitrogen and oxygen atoms in total. The van der Waals surface area contributed by atoms with E-state index in [9.17, 15) is 14.4 Å². The van der Waals surface area contributed by atoms with Crippen LogP contribution in [0.5, 0.6) is 0 Å². The monoisotopic (exact) mass is 252 g/mol. The lowest BCUT2D eigenvalue weighted by molar-refractivity contribution is -0.137. The van der Waals surface area contributed by atoms with Crippen molar-refractivity contribution in [2.75, 3.05) is 6.54 Å². The van der Waals surface area contributed by atoms with Gasteiger partial charge in [-0.2, -0.15) is 0 Å². The highest BCUT2D eigenvalue weighted by Gasteiger charge is 2.09. The van der Waals surface area contributed by atoms with Gasteiger partial charge in [-0.1, -0.05) is 0 Å². The molecule has 1 aromatic rings. The van der Waals surface area contributed by atoms with Crippen LogP contribution in [0.4, 0.5) is 0 Å². The molecule has 0 atom stereocenters. The fourth-order valence-electron chi connectivity index (χ4n) is 1.45. The molecule has 1 aromatic heterocycles. The van der Waals surface area contributed by atoms with E-state index in [2.05, 4.69) is 10.3 Å². The minimum Gasteiger partial charge on any atom is -0.481 e. The molecule has 0 saturated carbocycles. The third-order valence-electron chi connectivity index (χ3n) is 2.40. The van der Waals surface area contributed by atoms with E-state index in [1.165, 1.54) is 12.3 Å². The number of hydrogen-bond acceptors (Lipinski definition) is 3. The summed E-state index contributed by atoms with van der Waals surface area (Å²) < 4.78 is 0. The van der Waals surface area contributed by atoms with Crippen molar-refractivity contribution in [3.05, 3.63) is 33.7 Å². The number of carbonyl (C=O) groups excluding carboxylic acids is 1. The van der Waals surface area contributed by atoms with E-state index >= 15 is 0 Å². The van der Waals surface area contributed by atoms with Crippen LogP contribution < -0.4 is 10.7 Å². The van der Waals surface area contributed by atoms with Crippen LogP contribution in [0.2, 0.25) is 0 Å². The summed E-state index contributed by atoms with van der Waals surface area (Å²) in [5, 5.41) is 11.0. The molecular weight excluding hydrogens is 236 g/mol. The van der Waals surface area contributed by atoms with E-state index in [-0.39, 0.29) is 17.4 Å². The van der Waals surface area contributed by atoms with Crippen LogP contribution >= 0.6 is 0 Å². The average Bonchev–Trinajstić information content (AvgIpc) is 2.27. The van der Waals surface area contributed by atoms with Gasteiger partial charge in [0, 0.05) is 30.9 Å². The molecule has 1 rings (SSSR count). The number of nitrogens with one attached hydrogen (secondary N) is 2. The predicted molar refractivity (Wildman–Crippen MR) is 65.6 cm³/mol. The molecule has 0 bridgehead atoms. The number of aromatic nitrogens is 1. The molecule has 6 heteroatoms. The topological polar surface area (TPSA) is 99.3 Å². The first-order valence-electron chi connectivity index (χ1n) is 5.70. The Balaban J connectivity index is 2.41. The molecule has 18 heavy (non-hydrogen) atoms. The third-order valence-corrected chi connectivity index (χ3v) is 2.40. The Kier molecular flexibility index (Phi) is 5.10. The van der Waals surface area contributed by atoms with Gasteiger partial charge < -0.3 is 15.4 Å². The second-order valence-corrected chi connectivity index (χ2v) is 4.00. The maximum Gasteiger partial charge on any atom is 0.303 e. The molecule has 0 unspecified atom stereocenters. The van der Waals surface area contributed by atoms with Crippen LogP contribution in [0, 0.1) is 6.92 Å². The molecule has 0 aromatic carbocycles. The molecule has 0 fully saturated rings. The second-order valence-electron chi connectivity index (χ2n) is 4.00. The number of hydrogen-bond donors (Lipinski definition) is 3. The highest BCUT2D eigenvalue weighted by atomic mass is 16.4. The van der Waals surface area contributed by atoms with Crippen molar-refractivity contribution >= 4 is 11.9 Å². The summed E-state index contributed by atoms with van der Waals surface area (Å²) in [7, 11) is 0. The summed E-state index contributed by atoms with van der Waals surface area (Å²) in [5.74, 6) is -1.29. The van der Waals surface area contributed by atoms with E-state index in [4.69, 9.17) is 5.11 Å². The molecule has 0 spiro atoms. The Morgan fingerprint density at radius 2 is 2.11 bits per heavy atom. The zero-order chi connectivity index (χ0) is 13.5. The Morgan fingerprint density at radius 1 is 1.39 bits per heavy atom. The fourth-order valence-corrected chi connectivity index (χ4v) is 1.45. The lowest BCUT2D eigenvalue weighted by Gasteiger charge is -2.04. The number of unbranched alkanes of at least 4 members (excludes halogenated alkanes) is 1. The Hall–Kier alpha value is -2.11. The highest BCUT2D eigenvalue weighted by Crippen LogP contribution is 1.95. The molecule has 0 aliphatic heterocycles. The average molecular weight is 252 g/mol. The van der Waals surface area contributed by atoms with Crippen molar-refractivity contribution in [2.45, 2.75) is 26.2 Å². The van der Waals surface area contributed by atoms with Crippen LogP contribution in [0.15, 0.2) is 17.1 Å². The maximum atomic E-state index is 11.6. The van der Waals surface area contributed by atoms with Gasteiger partial charge in [-0.05, 0) is 19.8 Å². The van der Waals surface area contributed by atoms with E-state index in [1.807, 2.05) is 0 Å². The Morgan fingerprint density at radius 3 is 2.72 bits per heavy atom.